The van der Waals surface area contributed by atoms with Crippen LogP contribution in [-0.4, -0.2) is 49.7 Å². The van der Waals surface area contributed by atoms with Gasteiger partial charge in [-0.05, 0) is 48.7 Å². The molecule has 5 rings (SSSR count). The van der Waals surface area contributed by atoms with Crippen LogP contribution in [0.5, 0.6) is 5.75 Å². The van der Waals surface area contributed by atoms with Gasteiger partial charge in [0.05, 0.1) is 17.0 Å². The predicted molar refractivity (Wildman–Crippen MR) is 117 cm³/mol. The first-order valence-corrected chi connectivity index (χ1v) is 11.8. The van der Waals surface area contributed by atoms with E-state index in [2.05, 4.69) is 0 Å². The van der Waals surface area contributed by atoms with Crippen LogP contribution in [0, 0.1) is 6.92 Å². The van der Waals surface area contributed by atoms with Gasteiger partial charge >= 0.3 is 0 Å². The molecule has 3 heterocycles. The van der Waals surface area contributed by atoms with Gasteiger partial charge in [0.25, 0.3) is 5.56 Å². The summed E-state index contributed by atoms with van der Waals surface area (Å²) in [4.78, 5) is 12.5. The second-order valence-corrected chi connectivity index (χ2v) is 9.96. The van der Waals surface area contributed by atoms with Crippen molar-refractivity contribution in [3.8, 4) is 5.75 Å². The maximum absolute atomic E-state index is 13.5. The molecule has 0 unspecified atom stereocenters. The Labute approximate surface area is 180 Å². The molecule has 0 aliphatic carbocycles. The summed E-state index contributed by atoms with van der Waals surface area (Å²) >= 11 is 0. The lowest BCUT2D eigenvalue weighted by Crippen LogP contribution is -2.47. The molecule has 8 heteroatoms. The minimum absolute atomic E-state index is 0.0335. The van der Waals surface area contributed by atoms with E-state index in [9.17, 15) is 13.2 Å². The van der Waals surface area contributed by atoms with Crippen molar-refractivity contribution in [3.63, 3.8) is 0 Å². The molecule has 0 saturated carbocycles. The largest absolute Gasteiger partial charge is 0.491 e. The first kappa shape index (κ1) is 20.2. The van der Waals surface area contributed by atoms with Gasteiger partial charge in [-0.1, -0.05) is 18.2 Å². The van der Waals surface area contributed by atoms with Crippen LogP contribution in [-0.2, 0) is 27.7 Å². The van der Waals surface area contributed by atoms with E-state index in [1.165, 1.54) is 4.31 Å². The fraction of sp³-hybridized carbons (Fsp3) is 0.348. The Bertz CT molecular complexity index is 1300. The highest BCUT2D eigenvalue weighted by Gasteiger charge is 2.32. The number of benzene rings is 2. The van der Waals surface area contributed by atoms with Crippen LogP contribution in [0.1, 0.15) is 11.1 Å². The molecule has 1 fully saturated rings. The van der Waals surface area contributed by atoms with Crippen LogP contribution in [0.25, 0.3) is 10.9 Å². The van der Waals surface area contributed by atoms with E-state index in [0.29, 0.717) is 26.1 Å². The standard InChI is InChI=1S/C23H24N2O5S/c1-16-11-22(26)25-8-7-17-12-20(13-21(16)23(17)25)31(27,28)24-9-10-29-19(14-24)15-30-18-5-3-2-4-6-18/h2-6,11-13,19H,7-10,14-15H2,1H3/t19-/m0/s1. The summed E-state index contributed by atoms with van der Waals surface area (Å²) in [6.07, 6.45) is 0.320. The molecule has 0 radical (unpaired) electrons. The van der Waals surface area contributed by atoms with Gasteiger partial charge in [0.15, 0.2) is 0 Å². The fourth-order valence-electron chi connectivity index (χ4n) is 4.40. The molecule has 0 bridgehead atoms. The number of hydrogen-bond acceptors (Lipinski definition) is 5. The SMILES string of the molecule is Cc1cc(=O)n2c3c(cc(S(=O)(=O)N4CCO[C@H](COc5ccccc5)C4)cc13)CC2. The van der Waals surface area contributed by atoms with Crippen molar-refractivity contribution in [2.24, 2.45) is 0 Å². The molecule has 1 aromatic heterocycles. The number of nitrogens with zero attached hydrogens (tertiary/aromatic N) is 2. The van der Waals surface area contributed by atoms with E-state index in [1.54, 1.807) is 22.8 Å². The summed E-state index contributed by atoms with van der Waals surface area (Å²) in [5.74, 6) is 0.727. The van der Waals surface area contributed by atoms with E-state index in [-0.39, 0.29) is 29.7 Å². The molecule has 162 valence electrons. The average molecular weight is 441 g/mol. The first-order valence-electron chi connectivity index (χ1n) is 10.4. The van der Waals surface area contributed by atoms with Crippen molar-refractivity contribution in [1.29, 1.82) is 0 Å². The third kappa shape index (κ3) is 3.64. The number of pyridine rings is 1. The van der Waals surface area contributed by atoms with Crippen LogP contribution in [0.3, 0.4) is 0 Å². The van der Waals surface area contributed by atoms with E-state index in [1.807, 2.05) is 37.3 Å². The molecule has 2 aliphatic rings. The Hall–Kier alpha value is -2.68. The smallest absolute Gasteiger partial charge is 0.251 e. The van der Waals surface area contributed by atoms with Crippen molar-refractivity contribution in [1.82, 2.24) is 8.87 Å². The third-order valence-electron chi connectivity index (χ3n) is 5.99. The molecule has 7 nitrogen and oxygen atoms in total. The second-order valence-electron chi connectivity index (χ2n) is 8.03. The van der Waals surface area contributed by atoms with Crippen molar-refractivity contribution >= 4 is 20.9 Å². The van der Waals surface area contributed by atoms with E-state index < -0.39 is 10.0 Å². The van der Waals surface area contributed by atoms with E-state index >= 15 is 0 Å². The number of morpholine rings is 1. The fourth-order valence-corrected chi connectivity index (χ4v) is 5.93. The Morgan fingerprint density at radius 2 is 1.94 bits per heavy atom. The molecule has 31 heavy (non-hydrogen) atoms. The third-order valence-corrected chi connectivity index (χ3v) is 7.83. The normalized spacial score (nSPS) is 19.1. The van der Waals surface area contributed by atoms with Crippen LogP contribution < -0.4 is 10.3 Å². The van der Waals surface area contributed by atoms with Gasteiger partial charge in [0.2, 0.25) is 10.0 Å². The van der Waals surface area contributed by atoms with Gasteiger partial charge in [-0.3, -0.25) is 4.79 Å². The van der Waals surface area contributed by atoms with Gasteiger partial charge in [0.1, 0.15) is 18.5 Å². The molecule has 1 atom stereocenters. The van der Waals surface area contributed by atoms with Gasteiger partial charge in [-0.2, -0.15) is 4.31 Å². The van der Waals surface area contributed by atoms with Crippen LogP contribution in [0.4, 0.5) is 0 Å². The number of sulfonamides is 1. The van der Waals surface area contributed by atoms with Crippen LogP contribution in [0.15, 0.2) is 58.2 Å². The minimum Gasteiger partial charge on any atom is -0.491 e. The number of hydrogen-bond donors (Lipinski definition) is 0. The summed E-state index contributed by atoms with van der Waals surface area (Å²) in [6, 6.07) is 14.4. The van der Waals surface area contributed by atoms with Gasteiger partial charge < -0.3 is 14.0 Å². The van der Waals surface area contributed by atoms with E-state index in [0.717, 1.165) is 27.8 Å². The molecule has 0 amide bonds. The molecular weight excluding hydrogens is 416 g/mol. The lowest BCUT2D eigenvalue weighted by Gasteiger charge is -2.32. The number of aryl methyl sites for hydroxylation is 3. The summed E-state index contributed by atoms with van der Waals surface area (Å²) in [5.41, 5.74) is 2.54. The molecule has 0 spiro atoms. The number of aromatic nitrogens is 1. The zero-order valence-corrected chi connectivity index (χ0v) is 18.1. The predicted octanol–water partition coefficient (Wildman–Crippen LogP) is 2.33. The highest BCUT2D eigenvalue weighted by Crippen LogP contribution is 2.31. The summed E-state index contributed by atoms with van der Waals surface area (Å²) in [6.45, 7) is 3.58. The Morgan fingerprint density at radius 1 is 1.13 bits per heavy atom. The summed E-state index contributed by atoms with van der Waals surface area (Å²) in [7, 11) is -3.70. The highest BCUT2D eigenvalue weighted by atomic mass is 32.2. The molecule has 2 aromatic carbocycles. The number of rotatable bonds is 5. The van der Waals surface area contributed by atoms with E-state index in [4.69, 9.17) is 9.47 Å². The lowest BCUT2D eigenvalue weighted by molar-refractivity contribution is -0.0249. The lowest BCUT2D eigenvalue weighted by atomic mass is 10.1. The van der Waals surface area contributed by atoms with Crippen LogP contribution in [0.2, 0.25) is 0 Å². The van der Waals surface area contributed by atoms with Gasteiger partial charge in [-0.15, -0.1) is 0 Å². The number of para-hydroxylation sites is 1. The van der Waals surface area contributed by atoms with Gasteiger partial charge in [0, 0.05) is 31.1 Å². The quantitative estimate of drug-likeness (QED) is 0.609. The minimum atomic E-state index is -3.70. The summed E-state index contributed by atoms with van der Waals surface area (Å²) in [5, 5.41) is 0.824. The monoisotopic (exact) mass is 440 g/mol. The maximum atomic E-state index is 13.5. The molecular formula is C23H24N2O5S. The van der Waals surface area contributed by atoms with Crippen molar-refractivity contribution in [2.75, 3.05) is 26.3 Å². The summed E-state index contributed by atoms with van der Waals surface area (Å²) < 4.78 is 41.7. The van der Waals surface area contributed by atoms with Gasteiger partial charge in [-0.25, -0.2) is 8.42 Å². The second kappa shape index (κ2) is 7.78. The Balaban J connectivity index is 1.41. The Kier molecular flexibility index (Phi) is 5.08. The number of ether oxygens (including phenoxy) is 2. The first-order chi connectivity index (χ1) is 14.9. The zero-order chi connectivity index (χ0) is 21.6. The molecule has 0 N–H and O–H groups in total. The van der Waals surface area contributed by atoms with Crippen molar-refractivity contribution in [2.45, 2.75) is 30.9 Å². The van der Waals surface area contributed by atoms with Crippen molar-refractivity contribution in [3.05, 3.63) is 70.0 Å². The maximum Gasteiger partial charge on any atom is 0.251 e. The molecule has 3 aromatic rings. The zero-order valence-electron chi connectivity index (χ0n) is 17.3. The molecule has 2 aliphatic heterocycles. The molecule has 1 saturated heterocycles. The van der Waals surface area contributed by atoms with Crippen LogP contribution >= 0.6 is 0 Å². The topological polar surface area (TPSA) is 77.8 Å². The highest BCUT2D eigenvalue weighted by molar-refractivity contribution is 7.89. The Morgan fingerprint density at radius 3 is 2.74 bits per heavy atom. The van der Waals surface area contributed by atoms with Crippen molar-refractivity contribution < 1.29 is 17.9 Å². The average Bonchev–Trinajstić information content (AvgIpc) is 3.22.